The lowest BCUT2D eigenvalue weighted by molar-refractivity contribution is -0.121. The lowest BCUT2D eigenvalue weighted by Crippen LogP contribution is -2.35. The van der Waals surface area contributed by atoms with E-state index in [1.165, 1.54) is 24.3 Å². The molecule has 0 saturated carbocycles. The summed E-state index contributed by atoms with van der Waals surface area (Å²) >= 11 is 0. The molecule has 1 aliphatic heterocycles. The summed E-state index contributed by atoms with van der Waals surface area (Å²) in [5, 5.41) is 11.7. The number of hydrogen-bond donors (Lipinski definition) is 1. The molecule has 1 heterocycles. The molecule has 0 saturated heterocycles. The Labute approximate surface area is 148 Å². The van der Waals surface area contributed by atoms with Gasteiger partial charge in [0.05, 0.1) is 17.2 Å². The Bertz CT molecular complexity index is 883. The van der Waals surface area contributed by atoms with Gasteiger partial charge in [-0.2, -0.15) is 5.26 Å². The molecule has 7 heteroatoms. The zero-order valence-corrected chi connectivity index (χ0v) is 13.6. The second-order valence-corrected chi connectivity index (χ2v) is 5.74. The molecule has 1 aliphatic rings. The Morgan fingerprint density at radius 3 is 2.19 bits per heavy atom. The van der Waals surface area contributed by atoms with Crippen LogP contribution in [0.15, 0.2) is 48.5 Å². The topological polar surface area (TPSA) is 90.3 Å². The summed E-state index contributed by atoms with van der Waals surface area (Å²) in [6.45, 7) is -0.0836. The Kier molecular flexibility index (Phi) is 4.76. The molecule has 0 bridgehead atoms. The van der Waals surface area contributed by atoms with Crippen LogP contribution in [0.25, 0.3) is 0 Å². The number of hydrogen-bond acceptors (Lipinski definition) is 4. The van der Waals surface area contributed by atoms with Gasteiger partial charge in [-0.1, -0.05) is 24.3 Å². The van der Waals surface area contributed by atoms with E-state index in [1.807, 2.05) is 6.07 Å². The lowest BCUT2D eigenvalue weighted by Gasteiger charge is -2.15. The molecule has 0 aromatic heterocycles. The molecule has 0 aliphatic carbocycles. The number of fused-ring (bicyclic) bond motifs is 1. The fraction of sp³-hybridized carbons (Fsp3) is 0.158. The quantitative estimate of drug-likeness (QED) is 0.836. The molecular formula is C19H14FN3O3. The summed E-state index contributed by atoms with van der Waals surface area (Å²) in [5.41, 5.74) is 1.08. The van der Waals surface area contributed by atoms with Gasteiger partial charge in [-0.05, 0) is 29.8 Å². The van der Waals surface area contributed by atoms with E-state index in [1.54, 1.807) is 24.3 Å². The number of benzene rings is 2. The fourth-order valence-electron chi connectivity index (χ4n) is 2.73. The van der Waals surface area contributed by atoms with Crippen LogP contribution in [0.4, 0.5) is 4.39 Å². The summed E-state index contributed by atoms with van der Waals surface area (Å²) in [4.78, 5) is 37.6. The third-order valence-electron chi connectivity index (χ3n) is 4.08. The maximum Gasteiger partial charge on any atom is 0.261 e. The van der Waals surface area contributed by atoms with Gasteiger partial charge in [0, 0.05) is 13.0 Å². The lowest BCUT2D eigenvalue weighted by atomic mass is 10.1. The van der Waals surface area contributed by atoms with Gasteiger partial charge in [-0.3, -0.25) is 19.3 Å². The van der Waals surface area contributed by atoms with Gasteiger partial charge in [-0.15, -0.1) is 0 Å². The molecule has 6 nitrogen and oxygen atoms in total. The molecule has 1 atom stereocenters. The number of nitrogens with zero attached hydrogens (tertiary/aromatic N) is 2. The number of nitriles is 1. The van der Waals surface area contributed by atoms with Crippen LogP contribution >= 0.6 is 0 Å². The predicted octanol–water partition coefficient (Wildman–Crippen LogP) is 2.19. The van der Waals surface area contributed by atoms with Crippen LogP contribution in [0.3, 0.4) is 0 Å². The number of nitrogens with one attached hydrogen (secondary N) is 1. The third kappa shape index (κ3) is 3.30. The minimum Gasteiger partial charge on any atom is -0.337 e. The van der Waals surface area contributed by atoms with Crippen molar-refractivity contribution < 1.29 is 18.8 Å². The Morgan fingerprint density at radius 1 is 1.08 bits per heavy atom. The molecule has 0 unspecified atom stereocenters. The van der Waals surface area contributed by atoms with Crippen molar-refractivity contribution in [2.24, 2.45) is 0 Å². The van der Waals surface area contributed by atoms with Gasteiger partial charge in [-0.25, -0.2) is 4.39 Å². The van der Waals surface area contributed by atoms with Crippen LogP contribution in [0, 0.1) is 17.1 Å². The number of rotatable bonds is 5. The van der Waals surface area contributed by atoms with Crippen LogP contribution in [-0.4, -0.2) is 29.2 Å². The van der Waals surface area contributed by atoms with Crippen molar-refractivity contribution in [1.29, 1.82) is 5.26 Å². The molecular weight excluding hydrogens is 337 g/mol. The number of amides is 3. The molecule has 3 rings (SSSR count). The van der Waals surface area contributed by atoms with Crippen molar-refractivity contribution in [3.05, 3.63) is 71.0 Å². The van der Waals surface area contributed by atoms with Crippen molar-refractivity contribution in [1.82, 2.24) is 10.2 Å². The first-order valence-corrected chi connectivity index (χ1v) is 7.91. The summed E-state index contributed by atoms with van der Waals surface area (Å²) in [7, 11) is 0. The molecule has 3 amide bonds. The third-order valence-corrected chi connectivity index (χ3v) is 4.08. The molecule has 0 radical (unpaired) electrons. The molecule has 26 heavy (non-hydrogen) atoms. The van der Waals surface area contributed by atoms with Crippen LogP contribution in [0.1, 0.15) is 38.7 Å². The van der Waals surface area contributed by atoms with Gasteiger partial charge in [0.25, 0.3) is 11.8 Å². The van der Waals surface area contributed by atoms with Crippen molar-refractivity contribution in [3.63, 3.8) is 0 Å². The second-order valence-electron chi connectivity index (χ2n) is 5.74. The SMILES string of the molecule is N#C[C@@H](NC(=O)CCN1C(=O)c2ccccc2C1=O)c1ccc(F)cc1. The zero-order valence-electron chi connectivity index (χ0n) is 13.6. The highest BCUT2D eigenvalue weighted by Gasteiger charge is 2.35. The minimum absolute atomic E-state index is 0.0836. The van der Waals surface area contributed by atoms with E-state index in [4.69, 9.17) is 0 Å². The molecule has 0 fully saturated rings. The summed E-state index contributed by atoms with van der Waals surface area (Å²) < 4.78 is 13.0. The van der Waals surface area contributed by atoms with E-state index < -0.39 is 29.6 Å². The molecule has 130 valence electrons. The van der Waals surface area contributed by atoms with Crippen molar-refractivity contribution >= 4 is 17.7 Å². The normalized spacial score (nSPS) is 13.9. The standard InChI is InChI=1S/C19H14FN3O3/c20-13-7-5-12(6-8-13)16(11-21)22-17(24)9-10-23-18(25)14-3-1-2-4-15(14)19(23)26/h1-8,16H,9-10H2,(H,22,24)/t16-/m1/s1. The first-order valence-electron chi connectivity index (χ1n) is 7.91. The van der Waals surface area contributed by atoms with Crippen LogP contribution in [0.5, 0.6) is 0 Å². The number of carbonyl (C=O) groups excluding carboxylic acids is 3. The van der Waals surface area contributed by atoms with E-state index in [-0.39, 0.29) is 13.0 Å². The largest absolute Gasteiger partial charge is 0.337 e. The molecule has 1 N–H and O–H groups in total. The van der Waals surface area contributed by atoms with E-state index in [0.29, 0.717) is 16.7 Å². The fourth-order valence-corrected chi connectivity index (χ4v) is 2.73. The summed E-state index contributed by atoms with van der Waals surface area (Å²) in [6.07, 6.45) is -0.134. The van der Waals surface area contributed by atoms with E-state index in [2.05, 4.69) is 5.32 Å². The van der Waals surface area contributed by atoms with Crippen molar-refractivity contribution in [3.8, 4) is 6.07 Å². The Balaban J connectivity index is 1.61. The van der Waals surface area contributed by atoms with E-state index in [9.17, 15) is 24.0 Å². The minimum atomic E-state index is -0.940. The highest BCUT2D eigenvalue weighted by Crippen LogP contribution is 2.22. The monoisotopic (exact) mass is 351 g/mol. The van der Waals surface area contributed by atoms with Crippen LogP contribution < -0.4 is 5.32 Å². The van der Waals surface area contributed by atoms with Crippen molar-refractivity contribution in [2.75, 3.05) is 6.54 Å². The maximum atomic E-state index is 13.0. The van der Waals surface area contributed by atoms with Crippen LogP contribution in [-0.2, 0) is 4.79 Å². The van der Waals surface area contributed by atoms with E-state index >= 15 is 0 Å². The Morgan fingerprint density at radius 2 is 1.65 bits per heavy atom. The van der Waals surface area contributed by atoms with Crippen LogP contribution in [0.2, 0.25) is 0 Å². The first-order chi connectivity index (χ1) is 12.5. The van der Waals surface area contributed by atoms with Gasteiger partial charge in [0.1, 0.15) is 11.9 Å². The Hall–Kier alpha value is -3.53. The maximum absolute atomic E-state index is 13.0. The van der Waals surface area contributed by atoms with Gasteiger partial charge in [0.2, 0.25) is 5.91 Å². The predicted molar refractivity (Wildman–Crippen MR) is 89.3 cm³/mol. The number of imide groups is 1. The highest BCUT2D eigenvalue weighted by molar-refractivity contribution is 6.21. The zero-order chi connectivity index (χ0) is 18.7. The molecule has 0 spiro atoms. The van der Waals surface area contributed by atoms with Gasteiger partial charge < -0.3 is 5.32 Å². The van der Waals surface area contributed by atoms with Gasteiger partial charge in [0.15, 0.2) is 0 Å². The number of carbonyl (C=O) groups is 3. The van der Waals surface area contributed by atoms with Crippen molar-refractivity contribution in [2.45, 2.75) is 12.5 Å². The average molecular weight is 351 g/mol. The number of halogens is 1. The highest BCUT2D eigenvalue weighted by atomic mass is 19.1. The summed E-state index contributed by atoms with van der Waals surface area (Å²) in [6, 6.07) is 12.7. The smallest absolute Gasteiger partial charge is 0.261 e. The summed E-state index contributed by atoms with van der Waals surface area (Å²) in [5.74, 6) is -1.80. The van der Waals surface area contributed by atoms with Gasteiger partial charge >= 0.3 is 0 Å². The average Bonchev–Trinajstić information content (AvgIpc) is 2.90. The first kappa shape index (κ1) is 17.3. The molecule has 2 aromatic rings. The van der Waals surface area contributed by atoms with E-state index in [0.717, 1.165) is 4.90 Å². The second kappa shape index (κ2) is 7.15. The molecule has 2 aromatic carbocycles.